The van der Waals surface area contributed by atoms with Gasteiger partial charge in [0.05, 0.1) is 6.54 Å². The van der Waals surface area contributed by atoms with Crippen LogP contribution < -0.4 is 0 Å². The van der Waals surface area contributed by atoms with E-state index in [-0.39, 0.29) is 0 Å². The zero-order chi connectivity index (χ0) is 13.2. The van der Waals surface area contributed by atoms with E-state index in [0.717, 1.165) is 44.2 Å². The molecule has 0 bridgehead atoms. The van der Waals surface area contributed by atoms with Crippen molar-refractivity contribution >= 4 is 5.97 Å². The summed E-state index contributed by atoms with van der Waals surface area (Å²) < 4.78 is 5.24. The Bertz CT molecular complexity index is 448. The molecule has 2 aliphatic rings. The van der Waals surface area contributed by atoms with Gasteiger partial charge in [-0.1, -0.05) is 5.16 Å². The first-order valence-electron chi connectivity index (χ1n) is 6.97. The number of aliphatic carboxylic acids is 1. The molecule has 104 valence electrons. The highest BCUT2D eigenvalue weighted by Gasteiger charge is 2.30. The minimum atomic E-state index is -0.689. The number of carbonyl (C=O) groups is 1. The second-order valence-electron chi connectivity index (χ2n) is 5.64. The number of piperidine rings is 1. The van der Waals surface area contributed by atoms with Crippen molar-refractivity contribution in [1.82, 2.24) is 15.0 Å². The molecule has 1 aliphatic heterocycles. The lowest BCUT2D eigenvalue weighted by atomic mass is 9.94. The van der Waals surface area contributed by atoms with Gasteiger partial charge in [0.1, 0.15) is 0 Å². The largest absolute Gasteiger partial charge is 0.481 e. The Kier molecular flexibility index (Phi) is 3.50. The molecule has 0 spiro atoms. The highest BCUT2D eigenvalue weighted by Crippen LogP contribution is 2.38. The van der Waals surface area contributed by atoms with E-state index >= 15 is 0 Å². The minimum absolute atomic E-state index is 0.294. The topological polar surface area (TPSA) is 79.5 Å². The van der Waals surface area contributed by atoms with Crippen LogP contribution in [0.3, 0.4) is 0 Å². The van der Waals surface area contributed by atoms with Crippen molar-refractivity contribution in [2.45, 2.75) is 44.6 Å². The van der Waals surface area contributed by atoms with Crippen LogP contribution in [0, 0.1) is 5.92 Å². The van der Waals surface area contributed by atoms with Crippen molar-refractivity contribution in [3.63, 3.8) is 0 Å². The van der Waals surface area contributed by atoms with Gasteiger partial charge in [-0.2, -0.15) is 4.98 Å². The first-order chi connectivity index (χ1) is 9.20. The third-order valence-corrected chi connectivity index (χ3v) is 3.95. The fourth-order valence-electron chi connectivity index (χ4n) is 2.62. The fraction of sp³-hybridized carbons (Fsp3) is 0.769. The zero-order valence-electron chi connectivity index (χ0n) is 10.9. The third-order valence-electron chi connectivity index (χ3n) is 3.95. The Morgan fingerprint density at radius 2 is 2.05 bits per heavy atom. The van der Waals surface area contributed by atoms with Crippen LogP contribution in [0.15, 0.2) is 4.52 Å². The van der Waals surface area contributed by atoms with Crippen molar-refractivity contribution in [2.24, 2.45) is 5.92 Å². The van der Waals surface area contributed by atoms with Crippen molar-refractivity contribution in [3.8, 4) is 0 Å². The Balaban J connectivity index is 1.47. The van der Waals surface area contributed by atoms with Gasteiger partial charge in [-0.3, -0.25) is 9.69 Å². The van der Waals surface area contributed by atoms with Gasteiger partial charge in [-0.25, -0.2) is 0 Å². The third kappa shape index (κ3) is 3.32. The Hall–Kier alpha value is -1.43. The molecule has 1 N–H and O–H groups in total. The maximum Gasteiger partial charge on any atom is 0.303 e. The van der Waals surface area contributed by atoms with Gasteiger partial charge in [0.2, 0.25) is 5.89 Å². The standard InChI is InChI=1S/C13H19N3O3/c17-12(18)7-9-3-5-16(6-4-9)8-11-14-13(19-15-11)10-1-2-10/h9-10H,1-8H2,(H,17,18). The molecule has 1 saturated carbocycles. The number of aromatic nitrogens is 2. The molecule has 0 atom stereocenters. The van der Waals surface area contributed by atoms with Gasteiger partial charge >= 0.3 is 5.97 Å². The molecule has 3 rings (SSSR count). The molecule has 1 saturated heterocycles. The van der Waals surface area contributed by atoms with Crippen LogP contribution in [-0.4, -0.2) is 39.2 Å². The molecule has 0 aromatic carbocycles. The molecule has 1 aromatic rings. The van der Waals surface area contributed by atoms with Crippen LogP contribution in [0.4, 0.5) is 0 Å². The first kappa shape index (κ1) is 12.6. The zero-order valence-corrected chi connectivity index (χ0v) is 10.9. The van der Waals surface area contributed by atoms with E-state index in [2.05, 4.69) is 15.0 Å². The first-order valence-corrected chi connectivity index (χ1v) is 6.97. The predicted molar refractivity (Wildman–Crippen MR) is 66.5 cm³/mol. The number of hydrogen-bond acceptors (Lipinski definition) is 5. The lowest BCUT2D eigenvalue weighted by Gasteiger charge is -2.30. The van der Waals surface area contributed by atoms with Crippen molar-refractivity contribution in [1.29, 1.82) is 0 Å². The van der Waals surface area contributed by atoms with Gasteiger partial charge in [0, 0.05) is 12.3 Å². The molecular weight excluding hydrogens is 246 g/mol. The van der Waals surface area contributed by atoms with Crippen LogP contribution in [0.2, 0.25) is 0 Å². The minimum Gasteiger partial charge on any atom is -0.481 e. The van der Waals surface area contributed by atoms with Crippen molar-refractivity contribution < 1.29 is 14.4 Å². The molecule has 19 heavy (non-hydrogen) atoms. The summed E-state index contributed by atoms with van der Waals surface area (Å²) in [6, 6.07) is 0. The van der Waals surface area contributed by atoms with E-state index in [1.807, 2.05) is 0 Å². The maximum absolute atomic E-state index is 10.7. The van der Waals surface area contributed by atoms with Crippen LogP contribution in [-0.2, 0) is 11.3 Å². The summed E-state index contributed by atoms with van der Waals surface area (Å²) in [7, 11) is 0. The van der Waals surface area contributed by atoms with E-state index in [1.54, 1.807) is 0 Å². The highest BCUT2D eigenvalue weighted by atomic mass is 16.5. The summed E-state index contributed by atoms with van der Waals surface area (Å²) >= 11 is 0. The highest BCUT2D eigenvalue weighted by molar-refractivity contribution is 5.67. The summed E-state index contributed by atoms with van der Waals surface area (Å²) in [5, 5.41) is 12.8. The Morgan fingerprint density at radius 1 is 1.32 bits per heavy atom. The van der Waals surface area contributed by atoms with Gasteiger partial charge in [-0.15, -0.1) is 0 Å². The van der Waals surface area contributed by atoms with Crippen LogP contribution in [0.1, 0.15) is 49.7 Å². The average Bonchev–Trinajstić information content (AvgIpc) is 3.12. The lowest BCUT2D eigenvalue weighted by molar-refractivity contribution is -0.138. The maximum atomic E-state index is 10.7. The second-order valence-corrected chi connectivity index (χ2v) is 5.64. The van der Waals surface area contributed by atoms with E-state index in [4.69, 9.17) is 9.63 Å². The molecule has 0 amide bonds. The van der Waals surface area contributed by atoms with Gasteiger partial charge in [0.25, 0.3) is 0 Å². The number of carboxylic acids is 1. The Labute approximate surface area is 111 Å². The van der Waals surface area contributed by atoms with Crippen molar-refractivity contribution in [2.75, 3.05) is 13.1 Å². The molecule has 2 heterocycles. The van der Waals surface area contributed by atoms with Gasteiger partial charge < -0.3 is 9.63 Å². The van der Waals surface area contributed by atoms with E-state index in [1.165, 1.54) is 12.8 Å². The molecular formula is C13H19N3O3. The molecule has 6 heteroatoms. The molecule has 2 fully saturated rings. The van der Waals surface area contributed by atoms with E-state index in [9.17, 15) is 4.79 Å². The molecule has 1 aliphatic carbocycles. The smallest absolute Gasteiger partial charge is 0.303 e. The second kappa shape index (κ2) is 5.28. The number of rotatable bonds is 5. The summed E-state index contributed by atoms with van der Waals surface area (Å²) in [6.45, 7) is 2.56. The lowest BCUT2D eigenvalue weighted by Crippen LogP contribution is -2.34. The molecule has 1 aromatic heterocycles. The number of likely N-dealkylation sites (tertiary alicyclic amines) is 1. The van der Waals surface area contributed by atoms with Gasteiger partial charge in [0.15, 0.2) is 5.82 Å². The van der Waals surface area contributed by atoms with Crippen molar-refractivity contribution in [3.05, 3.63) is 11.7 Å². The van der Waals surface area contributed by atoms with E-state index < -0.39 is 5.97 Å². The monoisotopic (exact) mass is 265 g/mol. The van der Waals surface area contributed by atoms with Crippen LogP contribution in [0.5, 0.6) is 0 Å². The average molecular weight is 265 g/mol. The normalized spacial score (nSPS) is 21.7. The number of nitrogens with zero attached hydrogens (tertiary/aromatic N) is 3. The number of hydrogen-bond donors (Lipinski definition) is 1. The fourth-order valence-corrected chi connectivity index (χ4v) is 2.62. The summed E-state index contributed by atoms with van der Waals surface area (Å²) in [4.78, 5) is 17.4. The molecule has 6 nitrogen and oxygen atoms in total. The van der Waals surface area contributed by atoms with Gasteiger partial charge in [-0.05, 0) is 44.7 Å². The summed E-state index contributed by atoms with van der Waals surface area (Å²) in [5.74, 6) is 1.68. The molecule has 0 radical (unpaired) electrons. The predicted octanol–water partition coefficient (Wildman–Crippen LogP) is 1.63. The quantitative estimate of drug-likeness (QED) is 0.871. The van der Waals surface area contributed by atoms with Crippen LogP contribution in [0.25, 0.3) is 0 Å². The summed E-state index contributed by atoms with van der Waals surface area (Å²) in [5.41, 5.74) is 0. The SMILES string of the molecule is O=C(O)CC1CCN(Cc2noc(C3CC3)n2)CC1. The van der Waals surface area contributed by atoms with E-state index in [0.29, 0.717) is 18.3 Å². The molecule has 0 unspecified atom stereocenters. The summed E-state index contributed by atoms with van der Waals surface area (Å²) in [6.07, 6.45) is 4.52. The Morgan fingerprint density at radius 3 is 2.68 bits per heavy atom. The number of carboxylic acid groups (broad SMARTS) is 1. The van der Waals surface area contributed by atoms with Crippen LogP contribution >= 0.6 is 0 Å².